The second-order valence-electron chi connectivity index (χ2n) is 3.32. The number of anilines is 1. The van der Waals surface area contributed by atoms with Crippen molar-refractivity contribution in [3.63, 3.8) is 0 Å². The molecule has 0 fully saturated rings. The molecule has 0 spiro atoms. The molecule has 0 aliphatic carbocycles. The second kappa shape index (κ2) is 3.62. The van der Waals surface area contributed by atoms with E-state index in [9.17, 15) is 15.0 Å². The van der Waals surface area contributed by atoms with Crippen LogP contribution in [-0.2, 0) is 0 Å². The summed E-state index contributed by atoms with van der Waals surface area (Å²) in [5.74, 6) is -0.280. The van der Waals surface area contributed by atoms with Crippen LogP contribution in [0.1, 0.15) is 0 Å². The van der Waals surface area contributed by atoms with E-state index in [1.807, 2.05) is 0 Å². The fourth-order valence-corrected chi connectivity index (χ4v) is 1.60. The smallest absolute Gasteiger partial charge is 0.316 e. The van der Waals surface area contributed by atoms with Crippen molar-refractivity contribution in [2.45, 2.75) is 0 Å². The molecular formula is C11H10N2O3. The molecule has 0 bridgehead atoms. The lowest BCUT2D eigenvalue weighted by Crippen LogP contribution is -2.19. The number of carbonyl (C=O) groups excluding carboxylic acids is 1. The zero-order chi connectivity index (χ0) is 11.7. The minimum atomic E-state index is -0.772. The van der Waals surface area contributed by atoms with Crippen molar-refractivity contribution in [1.82, 2.24) is 0 Å². The van der Waals surface area contributed by atoms with Gasteiger partial charge in [0.1, 0.15) is 11.5 Å². The number of hydrogen-bond acceptors (Lipinski definition) is 3. The van der Waals surface area contributed by atoms with Crippen LogP contribution >= 0.6 is 0 Å². The van der Waals surface area contributed by atoms with Gasteiger partial charge in [0, 0.05) is 16.8 Å². The highest BCUT2D eigenvalue weighted by Gasteiger charge is 2.11. The fourth-order valence-electron chi connectivity index (χ4n) is 1.60. The Bertz CT molecular complexity index is 566. The van der Waals surface area contributed by atoms with Gasteiger partial charge >= 0.3 is 6.03 Å². The number of carbonyl (C=O) groups is 1. The first-order chi connectivity index (χ1) is 7.59. The van der Waals surface area contributed by atoms with Crippen LogP contribution in [0.3, 0.4) is 0 Å². The molecule has 0 atom stereocenters. The molecular weight excluding hydrogens is 208 g/mol. The second-order valence-corrected chi connectivity index (χ2v) is 3.32. The number of hydrogen-bond donors (Lipinski definition) is 4. The van der Waals surface area contributed by atoms with Crippen LogP contribution in [0.25, 0.3) is 10.8 Å². The first-order valence-electron chi connectivity index (χ1n) is 4.59. The average molecular weight is 218 g/mol. The standard InChI is InChI=1S/C11H10N2O3/c12-11(16)13-10-7-4-2-1-3-6(7)8(14)5-9(10)15/h1-5,14-15H,(H3,12,13,16). The SMILES string of the molecule is NC(=O)Nc1c(O)cc(O)c2ccccc12. The summed E-state index contributed by atoms with van der Waals surface area (Å²) >= 11 is 0. The first kappa shape index (κ1) is 10.1. The third-order valence-electron chi connectivity index (χ3n) is 2.25. The van der Waals surface area contributed by atoms with Crippen LogP contribution in [0.15, 0.2) is 30.3 Å². The van der Waals surface area contributed by atoms with Gasteiger partial charge in [0.15, 0.2) is 0 Å². The van der Waals surface area contributed by atoms with Crippen LogP contribution in [0, 0.1) is 0 Å². The van der Waals surface area contributed by atoms with Crippen LogP contribution in [0.2, 0.25) is 0 Å². The molecule has 2 aromatic rings. The van der Waals surface area contributed by atoms with Crippen molar-refractivity contribution in [2.24, 2.45) is 5.73 Å². The molecule has 0 aliphatic heterocycles. The lowest BCUT2D eigenvalue weighted by Gasteiger charge is -2.10. The maximum Gasteiger partial charge on any atom is 0.316 e. The summed E-state index contributed by atoms with van der Waals surface area (Å²) in [5, 5.41) is 22.6. The Morgan fingerprint density at radius 3 is 2.38 bits per heavy atom. The molecule has 0 saturated carbocycles. The van der Waals surface area contributed by atoms with Gasteiger partial charge in [-0.2, -0.15) is 0 Å². The third kappa shape index (κ3) is 1.58. The quantitative estimate of drug-likeness (QED) is 0.433. The Labute approximate surface area is 91.1 Å². The molecule has 0 heterocycles. The van der Waals surface area contributed by atoms with E-state index >= 15 is 0 Å². The number of phenolic OH excluding ortho intramolecular Hbond substituents is 2. The molecule has 0 unspecified atom stereocenters. The number of phenols is 2. The predicted molar refractivity (Wildman–Crippen MR) is 60.5 cm³/mol. The van der Waals surface area contributed by atoms with E-state index in [1.165, 1.54) is 0 Å². The van der Waals surface area contributed by atoms with Gasteiger partial charge in [-0.3, -0.25) is 0 Å². The molecule has 0 aromatic heterocycles. The Hall–Kier alpha value is -2.43. The number of amides is 2. The van der Waals surface area contributed by atoms with E-state index in [-0.39, 0.29) is 17.2 Å². The minimum Gasteiger partial charge on any atom is -0.507 e. The lowest BCUT2D eigenvalue weighted by molar-refractivity contribution is 0.259. The monoisotopic (exact) mass is 218 g/mol. The van der Waals surface area contributed by atoms with Crippen molar-refractivity contribution < 1.29 is 15.0 Å². The molecule has 2 amide bonds. The van der Waals surface area contributed by atoms with Crippen molar-refractivity contribution in [2.75, 3.05) is 5.32 Å². The molecule has 0 radical (unpaired) electrons. The number of aromatic hydroxyl groups is 2. The molecule has 5 heteroatoms. The third-order valence-corrected chi connectivity index (χ3v) is 2.25. The number of primary amides is 1. The fraction of sp³-hybridized carbons (Fsp3) is 0. The van der Waals surface area contributed by atoms with Crippen LogP contribution < -0.4 is 11.1 Å². The van der Waals surface area contributed by atoms with Gasteiger partial charge in [-0.05, 0) is 0 Å². The van der Waals surface area contributed by atoms with E-state index in [2.05, 4.69) is 5.32 Å². The minimum absolute atomic E-state index is 0.0527. The number of rotatable bonds is 1. The van der Waals surface area contributed by atoms with E-state index in [0.717, 1.165) is 6.07 Å². The van der Waals surface area contributed by atoms with Gasteiger partial charge < -0.3 is 21.3 Å². The van der Waals surface area contributed by atoms with Gasteiger partial charge in [0.25, 0.3) is 0 Å². The van der Waals surface area contributed by atoms with E-state index < -0.39 is 6.03 Å². The van der Waals surface area contributed by atoms with Gasteiger partial charge in [-0.1, -0.05) is 24.3 Å². The number of benzene rings is 2. The van der Waals surface area contributed by atoms with Crippen LogP contribution in [0.5, 0.6) is 11.5 Å². The lowest BCUT2D eigenvalue weighted by atomic mass is 10.1. The number of nitrogens with one attached hydrogen (secondary N) is 1. The number of nitrogens with two attached hydrogens (primary N) is 1. The van der Waals surface area contributed by atoms with E-state index in [1.54, 1.807) is 24.3 Å². The predicted octanol–water partition coefficient (Wildman–Crippen LogP) is 1.74. The molecule has 82 valence electrons. The Kier molecular flexibility index (Phi) is 2.28. The van der Waals surface area contributed by atoms with E-state index in [0.29, 0.717) is 10.8 Å². The molecule has 16 heavy (non-hydrogen) atoms. The normalized spacial score (nSPS) is 10.2. The van der Waals surface area contributed by atoms with E-state index in [4.69, 9.17) is 5.73 Å². The van der Waals surface area contributed by atoms with Crippen molar-refractivity contribution >= 4 is 22.5 Å². The summed E-state index contributed by atoms with van der Waals surface area (Å²) in [7, 11) is 0. The summed E-state index contributed by atoms with van der Waals surface area (Å²) in [4.78, 5) is 10.8. The Morgan fingerprint density at radius 2 is 1.75 bits per heavy atom. The molecule has 0 saturated heterocycles. The van der Waals surface area contributed by atoms with Crippen molar-refractivity contribution in [1.29, 1.82) is 0 Å². The summed E-state index contributed by atoms with van der Waals surface area (Å²) in [6, 6.07) is 7.20. The zero-order valence-electron chi connectivity index (χ0n) is 8.27. The summed E-state index contributed by atoms with van der Waals surface area (Å²) in [5.41, 5.74) is 5.19. The highest BCUT2D eigenvalue weighted by molar-refractivity contribution is 6.05. The summed E-state index contributed by atoms with van der Waals surface area (Å²) < 4.78 is 0. The van der Waals surface area contributed by atoms with Crippen molar-refractivity contribution in [3.05, 3.63) is 30.3 Å². The molecule has 2 rings (SSSR count). The topological polar surface area (TPSA) is 95.6 Å². The highest BCUT2D eigenvalue weighted by Crippen LogP contribution is 2.38. The molecule has 5 N–H and O–H groups in total. The van der Waals surface area contributed by atoms with Crippen LogP contribution in [0.4, 0.5) is 10.5 Å². The van der Waals surface area contributed by atoms with Crippen LogP contribution in [-0.4, -0.2) is 16.2 Å². The Morgan fingerprint density at radius 1 is 1.12 bits per heavy atom. The highest BCUT2D eigenvalue weighted by atomic mass is 16.3. The molecule has 5 nitrogen and oxygen atoms in total. The number of urea groups is 1. The molecule has 0 aliphatic rings. The zero-order valence-corrected chi connectivity index (χ0v) is 8.27. The van der Waals surface area contributed by atoms with Gasteiger partial charge in [0.2, 0.25) is 0 Å². The first-order valence-corrected chi connectivity index (χ1v) is 4.59. The average Bonchev–Trinajstić information content (AvgIpc) is 2.24. The maximum absolute atomic E-state index is 10.8. The van der Waals surface area contributed by atoms with Gasteiger partial charge in [-0.25, -0.2) is 4.79 Å². The summed E-state index contributed by atoms with van der Waals surface area (Å²) in [6.07, 6.45) is 0. The largest absolute Gasteiger partial charge is 0.507 e. The number of fused-ring (bicyclic) bond motifs is 1. The molecule has 2 aromatic carbocycles. The van der Waals surface area contributed by atoms with Crippen molar-refractivity contribution in [3.8, 4) is 11.5 Å². The van der Waals surface area contributed by atoms with Gasteiger partial charge in [0.05, 0.1) is 5.69 Å². The maximum atomic E-state index is 10.8. The summed E-state index contributed by atoms with van der Waals surface area (Å²) in [6.45, 7) is 0. The van der Waals surface area contributed by atoms with Gasteiger partial charge in [-0.15, -0.1) is 0 Å². The Balaban J connectivity index is 2.76.